The third-order valence-corrected chi connectivity index (χ3v) is 2.07. The van der Waals surface area contributed by atoms with E-state index < -0.39 is 27.9 Å². The molecular formula is C12H14FNO4. The molecule has 0 atom stereocenters. The number of aryl methyl sites for hydroxylation is 1. The van der Waals surface area contributed by atoms with Crippen LogP contribution in [-0.4, -0.2) is 16.5 Å². The average molecular weight is 255 g/mol. The van der Waals surface area contributed by atoms with Gasteiger partial charge in [0.2, 0.25) is 0 Å². The van der Waals surface area contributed by atoms with Gasteiger partial charge in [0.25, 0.3) is 5.69 Å². The lowest BCUT2D eigenvalue weighted by molar-refractivity contribution is -0.385. The van der Waals surface area contributed by atoms with Crippen LogP contribution in [0.1, 0.15) is 36.7 Å². The number of nitrogens with zero attached hydrogens (tertiary/aromatic N) is 1. The number of ether oxygens (including phenoxy) is 1. The molecule has 0 amide bonds. The van der Waals surface area contributed by atoms with Crippen molar-refractivity contribution in [1.29, 1.82) is 0 Å². The maximum Gasteiger partial charge on any atom is 0.341 e. The molecule has 1 aromatic carbocycles. The quantitative estimate of drug-likeness (QED) is 0.462. The summed E-state index contributed by atoms with van der Waals surface area (Å²) in [6, 6.07) is 1.96. The molecule has 0 saturated carbocycles. The van der Waals surface area contributed by atoms with Gasteiger partial charge in [-0.2, -0.15) is 0 Å². The highest BCUT2D eigenvalue weighted by Crippen LogP contribution is 2.23. The van der Waals surface area contributed by atoms with Gasteiger partial charge in [-0.15, -0.1) is 0 Å². The summed E-state index contributed by atoms with van der Waals surface area (Å²) in [5.74, 6) is -1.71. The molecule has 0 heterocycles. The van der Waals surface area contributed by atoms with Gasteiger partial charge in [0.05, 0.1) is 4.92 Å². The summed E-state index contributed by atoms with van der Waals surface area (Å²) in [7, 11) is 0. The average Bonchev–Trinajstić information content (AvgIpc) is 2.18. The molecular weight excluding hydrogens is 241 g/mol. The number of halogens is 1. The molecule has 1 aromatic rings. The molecule has 18 heavy (non-hydrogen) atoms. The smallest absolute Gasteiger partial charge is 0.341 e. The second kappa shape index (κ2) is 4.72. The van der Waals surface area contributed by atoms with Gasteiger partial charge in [-0.3, -0.25) is 10.1 Å². The molecule has 0 bridgehead atoms. The van der Waals surface area contributed by atoms with Crippen molar-refractivity contribution in [2.45, 2.75) is 33.3 Å². The molecule has 0 spiro atoms. The Morgan fingerprint density at radius 2 is 1.94 bits per heavy atom. The van der Waals surface area contributed by atoms with Crippen LogP contribution in [0, 0.1) is 22.9 Å². The molecule has 1 rings (SSSR count). The van der Waals surface area contributed by atoms with Crippen molar-refractivity contribution in [2.75, 3.05) is 0 Å². The first-order chi connectivity index (χ1) is 8.11. The van der Waals surface area contributed by atoms with E-state index in [0.29, 0.717) is 0 Å². The van der Waals surface area contributed by atoms with Gasteiger partial charge in [-0.1, -0.05) is 0 Å². The third-order valence-electron chi connectivity index (χ3n) is 2.07. The van der Waals surface area contributed by atoms with Crippen LogP contribution in [0.25, 0.3) is 0 Å². The van der Waals surface area contributed by atoms with Crippen molar-refractivity contribution in [2.24, 2.45) is 0 Å². The Morgan fingerprint density at radius 3 is 2.39 bits per heavy atom. The van der Waals surface area contributed by atoms with Gasteiger partial charge in [0.1, 0.15) is 17.0 Å². The Hall–Kier alpha value is -1.98. The fraction of sp³-hybridized carbons (Fsp3) is 0.417. The molecule has 98 valence electrons. The Kier molecular flexibility index (Phi) is 3.69. The number of hydrogen-bond donors (Lipinski definition) is 0. The molecule has 0 unspecified atom stereocenters. The first kappa shape index (κ1) is 14.1. The highest BCUT2D eigenvalue weighted by molar-refractivity contribution is 5.91. The van der Waals surface area contributed by atoms with E-state index in [9.17, 15) is 19.3 Å². The van der Waals surface area contributed by atoms with E-state index >= 15 is 0 Å². The largest absolute Gasteiger partial charge is 0.456 e. The molecule has 6 heteroatoms. The first-order valence-electron chi connectivity index (χ1n) is 5.29. The number of carbonyl (C=O) groups excluding carboxylic acids is 1. The summed E-state index contributed by atoms with van der Waals surface area (Å²) in [5, 5.41) is 10.7. The summed E-state index contributed by atoms with van der Waals surface area (Å²) >= 11 is 0. The van der Waals surface area contributed by atoms with Gasteiger partial charge >= 0.3 is 5.97 Å². The minimum Gasteiger partial charge on any atom is -0.456 e. The first-order valence-corrected chi connectivity index (χ1v) is 5.29. The number of rotatable bonds is 2. The lowest BCUT2D eigenvalue weighted by Gasteiger charge is -2.19. The standard InChI is InChI=1S/C12H14FNO4/c1-7-5-8(14(16)17)6-9(10(7)13)11(15)18-12(2,3)4/h5-6H,1-4H3. The fourth-order valence-electron chi connectivity index (χ4n) is 1.34. The molecule has 5 nitrogen and oxygen atoms in total. The lowest BCUT2D eigenvalue weighted by atomic mass is 10.1. The van der Waals surface area contributed by atoms with Gasteiger partial charge in [0, 0.05) is 12.1 Å². The highest BCUT2D eigenvalue weighted by atomic mass is 19.1. The summed E-state index contributed by atoms with van der Waals surface area (Å²) in [6.07, 6.45) is 0. The zero-order valence-corrected chi connectivity index (χ0v) is 10.6. The molecule has 0 N–H and O–H groups in total. The normalized spacial score (nSPS) is 11.2. The molecule has 0 aromatic heterocycles. The predicted octanol–water partition coefficient (Wildman–Crippen LogP) is 3.00. The number of nitro benzene ring substituents is 1. The molecule has 0 aliphatic heterocycles. The minimum absolute atomic E-state index is 0.0325. The highest BCUT2D eigenvalue weighted by Gasteiger charge is 2.24. The van der Waals surface area contributed by atoms with Crippen molar-refractivity contribution < 1.29 is 18.8 Å². The molecule has 0 aliphatic rings. The fourth-order valence-corrected chi connectivity index (χ4v) is 1.34. The summed E-state index contributed by atoms with van der Waals surface area (Å²) in [5.41, 5.74) is -1.52. The van der Waals surface area contributed by atoms with E-state index in [1.807, 2.05) is 0 Å². The van der Waals surface area contributed by atoms with Crippen molar-refractivity contribution >= 4 is 11.7 Å². The molecule has 0 aliphatic carbocycles. The van der Waals surface area contributed by atoms with Crippen LogP contribution in [0.4, 0.5) is 10.1 Å². The predicted molar refractivity (Wildman–Crippen MR) is 63.0 cm³/mol. The molecule has 0 fully saturated rings. The van der Waals surface area contributed by atoms with Crippen LogP contribution in [0.3, 0.4) is 0 Å². The Morgan fingerprint density at radius 1 is 1.39 bits per heavy atom. The van der Waals surface area contributed by atoms with Crippen molar-refractivity contribution in [1.82, 2.24) is 0 Å². The van der Waals surface area contributed by atoms with Crippen LogP contribution in [-0.2, 0) is 4.74 Å². The van der Waals surface area contributed by atoms with Gasteiger partial charge in [0.15, 0.2) is 0 Å². The zero-order valence-electron chi connectivity index (χ0n) is 10.6. The maximum absolute atomic E-state index is 13.7. The number of esters is 1. The summed E-state index contributed by atoms with van der Waals surface area (Å²) in [6.45, 7) is 6.25. The van der Waals surface area contributed by atoms with E-state index in [-0.39, 0.29) is 11.3 Å². The summed E-state index contributed by atoms with van der Waals surface area (Å²) in [4.78, 5) is 21.7. The van der Waals surface area contributed by atoms with Crippen molar-refractivity contribution in [3.63, 3.8) is 0 Å². The van der Waals surface area contributed by atoms with Crippen LogP contribution in [0.2, 0.25) is 0 Å². The van der Waals surface area contributed by atoms with Crippen molar-refractivity contribution in [3.05, 3.63) is 39.2 Å². The van der Waals surface area contributed by atoms with E-state index in [1.54, 1.807) is 20.8 Å². The van der Waals surface area contributed by atoms with Crippen LogP contribution in [0.5, 0.6) is 0 Å². The van der Waals surface area contributed by atoms with Gasteiger partial charge < -0.3 is 4.74 Å². The van der Waals surface area contributed by atoms with Crippen molar-refractivity contribution in [3.8, 4) is 0 Å². The Labute approximate surface area is 104 Å². The number of nitro groups is 1. The topological polar surface area (TPSA) is 69.4 Å². The van der Waals surface area contributed by atoms with Gasteiger partial charge in [-0.25, -0.2) is 9.18 Å². The number of carbonyl (C=O) groups is 1. The van der Waals surface area contributed by atoms with Gasteiger partial charge in [-0.05, 0) is 33.3 Å². The zero-order chi connectivity index (χ0) is 14.1. The molecule has 0 radical (unpaired) electrons. The summed E-state index contributed by atoms with van der Waals surface area (Å²) < 4.78 is 18.7. The Bertz CT molecular complexity index is 506. The van der Waals surface area contributed by atoms with Crippen LogP contribution < -0.4 is 0 Å². The van der Waals surface area contributed by atoms with E-state index in [2.05, 4.69) is 0 Å². The second-order valence-electron chi connectivity index (χ2n) is 4.88. The van der Waals surface area contributed by atoms with Crippen LogP contribution >= 0.6 is 0 Å². The van der Waals surface area contributed by atoms with E-state index in [0.717, 1.165) is 12.1 Å². The van der Waals surface area contributed by atoms with E-state index in [1.165, 1.54) is 6.92 Å². The minimum atomic E-state index is -0.910. The number of hydrogen-bond acceptors (Lipinski definition) is 4. The lowest BCUT2D eigenvalue weighted by Crippen LogP contribution is -2.24. The maximum atomic E-state index is 13.7. The number of non-ortho nitro benzene ring substituents is 1. The number of benzene rings is 1. The second-order valence-corrected chi connectivity index (χ2v) is 4.88. The monoisotopic (exact) mass is 255 g/mol. The third kappa shape index (κ3) is 3.26. The molecule has 0 saturated heterocycles. The van der Waals surface area contributed by atoms with Crippen LogP contribution in [0.15, 0.2) is 12.1 Å². The SMILES string of the molecule is Cc1cc([N+](=O)[O-])cc(C(=O)OC(C)(C)C)c1F. The Balaban J connectivity index is 3.23. The van der Waals surface area contributed by atoms with E-state index in [4.69, 9.17) is 4.74 Å².